The summed E-state index contributed by atoms with van der Waals surface area (Å²) in [5.74, 6) is 0.641. The fraction of sp³-hybridized carbons (Fsp3) is 0.0909. The van der Waals surface area contributed by atoms with Gasteiger partial charge in [-0.3, -0.25) is 14.6 Å². The van der Waals surface area contributed by atoms with Gasteiger partial charge in [0.25, 0.3) is 5.91 Å². The zero-order chi connectivity index (χ0) is 22.3. The van der Waals surface area contributed by atoms with Gasteiger partial charge in [0.05, 0.1) is 0 Å². The lowest BCUT2D eigenvalue weighted by molar-refractivity contribution is -0.116. The summed E-state index contributed by atoms with van der Waals surface area (Å²) in [4.78, 5) is 37.2. The molecule has 4 aromatic rings. The van der Waals surface area contributed by atoms with Crippen LogP contribution in [0.25, 0.3) is 11.4 Å². The van der Waals surface area contributed by atoms with E-state index in [1.807, 2.05) is 6.07 Å². The third-order valence-corrected chi connectivity index (χ3v) is 4.80. The number of pyridine rings is 2. The van der Waals surface area contributed by atoms with Crippen LogP contribution in [0.2, 0.25) is 0 Å². The van der Waals surface area contributed by atoms with Crippen LogP contribution in [0.3, 0.4) is 0 Å². The van der Waals surface area contributed by atoms with Gasteiger partial charge in [0.1, 0.15) is 5.82 Å². The van der Waals surface area contributed by atoms with Crippen molar-refractivity contribution < 1.29 is 14.1 Å². The molecule has 0 bridgehead atoms. The number of hydrogen-bond donors (Lipinski definition) is 2. The summed E-state index contributed by atoms with van der Waals surface area (Å²) < 4.78 is 6.02. The van der Waals surface area contributed by atoms with E-state index in [4.69, 9.17) is 4.52 Å². The number of hydrogen-bond acceptors (Lipinski definition) is 7. The van der Waals surface area contributed by atoms with E-state index < -0.39 is 0 Å². The quantitative estimate of drug-likeness (QED) is 0.397. The minimum atomic E-state index is -0.329. The minimum Gasteiger partial charge on any atom is -0.339 e. The van der Waals surface area contributed by atoms with E-state index in [1.165, 1.54) is 0 Å². The molecule has 0 aliphatic heterocycles. The van der Waals surface area contributed by atoms with Crippen LogP contribution in [0, 0.1) is 0 Å². The van der Waals surface area contributed by atoms with Crippen molar-refractivity contribution in [3.05, 3.63) is 83.0 Å². The van der Waals surface area contributed by atoms with Crippen LogP contribution in [0.4, 0.5) is 11.5 Å². The van der Waals surface area contributed by atoms with Crippen molar-refractivity contribution in [1.82, 2.24) is 20.1 Å². The van der Waals surface area contributed by atoms with Crippen LogP contribution in [-0.2, 0) is 11.2 Å². The Morgan fingerprint density at radius 3 is 2.72 bits per heavy atom. The summed E-state index contributed by atoms with van der Waals surface area (Å²) in [5.41, 5.74) is 1.64. The van der Waals surface area contributed by atoms with Crippen LogP contribution in [0.5, 0.6) is 0 Å². The van der Waals surface area contributed by atoms with Crippen LogP contribution >= 0.6 is 15.9 Å². The van der Waals surface area contributed by atoms with Gasteiger partial charge in [-0.15, -0.1) is 0 Å². The second kappa shape index (κ2) is 9.92. The molecule has 3 heterocycles. The maximum absolute atomic E-state index is 12.5. The number of amides is 2. The van der Waals surface area contributed by atoms with Crippen LogP contribution in [-0.4, -0.2) is 31.9 Å². The molecule has 0 radical (unpaired) electrons. The van der Waals surface area contributed by atoms with Gasteiger partial charge < -0.3 is 15.2 Å². The molecule has 0 unspecified atom stereocenters. The van der Waals surface area contributed by atoms with Crippen molar-refractivity contribution in [3.63, 3.8) is 0 Å². The van der Waals surface area contributed by atoms with Crippen molar-refractivity contribution in [2.75, 3.05) is 10.6 Å². The molecule has 2 N–H and O–H groups in total. The number of rotatable bonds is 7. The minimum absolute atomic E-state index is 0.147. The summed E-state index contributed by atoms with van der Waals surface area (Å²) >= 11 is 3.30. The average Bonchev–Trinajstić information content (AvgIpc) is 3.29. The van der Waals surface area contributed by atoms with Gasteiger partial charge in [-0.2, -0.15) is 4.98 Å². The molecule has 4 rings (SSSR count). The molecule has 3 aromatic heterocycles. The predicted octanol–water partition coefficient (Wildman–Crippen LogP) is 4.11. The third kappa shape index (κ3) is 5.61. The maximum Gasteiger partial charge on any atom is 0.256 e. The first-order valence-electron chi connectivity index (χ1n) is 9.62. The zero-order valence-corrected chi connectivity index (χ0v) is 18.2. The molecule has 1 aromatic carbocycles. The van der Waals surface area contributed by atoms with Crippen molar-refractivity contribution in [1.29, 1.82) is 0 Å². The average molecular weight is 493 g/mol. The standard InChI is InChI=1S/C22H17BrN6O3/c23-16-6-7-18(25-13-16)27-22(31)14-3-1-5-17(11-14)26-19(30)8-9-20-28-21(29-32-20)15-4-2-10-24-12-15/h1-7,10-13H,8-9H2,(H,26,30)(H,25,27,31). The molecule has 0 atom stereocenters. The van der Waals surface area contributed by atoms with Crippen molar-refractivity contribution in [2.45, 2.75) is 12.8 Å². The topological polar surface area (TPSA) is 123 Å². The highest BCUT2D eigenvalue weighted by molar-refractivity contribution is 9.10. The Hall–Kier alpha value is -3.92. The fourth-order valence-corrected chi connectivity index (χ4v) is 3.02. The number of aromatic nitrogens is 4. The van der Waals surface area contributed by atoms with E-state index in [1.54, 1.807) is 61.1 Å². The number of nitrogens with one attached hydrogen (secondary N) is 2. The molecular formula is C22H17BrN6O3. The van der Waals surface area contributed by atoms with Crippen molar-refractivity contribution >= 4 is 39.2 Å². The molecule has 0 fully saturated rings. The first-order valence-corrected chi connectivity index (χ1v) is 10.4. The molecular weight excluding hydrogens is 476 g/mol. The second-order valence-corrected chi connectivity index (χ2v) is 7.61. The maximum atomic E-state index is 12.5. The Bertz CT molecular complexity index is 1230. The van der Waals surface area contributed by atoms with E-state index in [9.17, 15) is 9.59 Å². The Morgan fingerprint density at radius 2 is 1.94 bits per heavy atom. The Balaban J connectivity index is 1.32. The largest absolute Gasteiger partial charge is 0.339 e. The monoisotopic (exact) mass is 492 g/mol. The summed E-state index contributed by atoms with van der Waals surface area (Å²) in [6.45, 7) is 0. The zero-order valence-electron chi connectivity index (χ0n) is 16.7. The number of aryl methyl sites for hydroxylation is 1. The van der Waals surface area contributed by atoms with Crippen molar-refractivity contribution in [2.24, 2.45) is 0 Å². The summed E-state index contributed by atoms with van der Waals surface area (Å²) in [7, 11) is 0. The van der Waals surface area contributed by atoms with Gasteiger partial charge in [-0.1, -0.05) is 11.2 Å². The molecule has 9 nitrogen and oxygen atoms in total. The number of carbonyl (C=O) groups excluding carboxylic acids is 2. The lowest BCUT2D eigenvalue weighted by Crippen LogP contribution is -2.15. The van der Waals surface area contributed by atoms with Gasteiger partial charge in [-0.25, -0.2) is 4.98 Å². The fourth-order valence-electron chi connectivity index (χ4n) is 2.79. The summed E-state index contributed by atoms with van der Waals surface area (Å²) in [5, 5.41) is 9.40. The third-order valence-electron chi connectivity index (χ3n) is 4.33. The normalized spacial score (nSPS) is 10.5. The van der Waals surface area contributed by atoms with Gasteiger partial charge >= 0.3 is 0 Å². The van der Waals surface area contributed by atoms with Gasteiger partial charge in [0, 0.05) is 52.7 Å². The lowest BCUT2D eigenvalue weighted by atomic mass is 10.2. The summed E-state index contributed by atoms with van der Waals surface area (Å²) in [6, 6.07) is 13.7. The Labute approximate surface area is 191 Å². The number of carbonyl (C=O) groups is 2. The van der Waals surface area contributed by atoms with Crippen molar-refractivity contribution in [3.8, 4) is 11.4 Å². The first kappa shape index (κ1) is 21.3. The molecule has 0 saturated carbocycles. The Morgan fingerprint density at radius 1 is 1.03 bits per heavy atom. The van der Waals surface area contributed by atoms with E-state index in [-0.39, 0.29) is 24.7 Å². The van der Waals surface area contributed by atoms with Gasteiger partial charge in [0.15, 0.2) is 0 Å². The Kier molecular flexibility index (Phi) is 6.61. The van der Waals surface area contributed by atoms with E-state index >= 15 is 0 Å². The smallest absolute Gasteiger partial charge is 0.256 e. The molecule has 0 aliphatic carbocycles. The molecule has 0 aliphatic rings. The van der Waals surface area contributed by atoms with Gasteiger partial charge in [-0.05, 0) is 58.4 Å². The molecule has 160 valence electrons. The van der Waals surface area contributed by atoms with Gasteiger partial charge in [0.2, 0.25) is 17.6 Å². The highest BCUT2D eigenvalue weighted by Gasteiger charge is 2.12. The first-order chi connectivity index (χ1) is 15.6. The molecule has 32 heavy (non-hydrogen) atoms. The summed E-state index contributed by atoms with van der Waals surface area (Å²) in [6.07, 6.45) is 5.32. The molecule has 0 saturated heterocycles. The number of nitrogens with zero attached hydrogens (tertiary/aromatic N) is 4. The van der Waals surface area contributed by atoms with E-state index in [2.05, 4.69) is 46.7 Å². The number of benzene rings is 1. The molecule has 2 amide bonds. The van der Waals surface area contributed by atoms with Crippen LogP contribution in [0.1, 0.15) is 22.7 Å². The number of halogens is 1. The lowest BCUT2D eigenvalue weighted by Gasteiger charge is -2.08. The highest BCUT2D eigenvalue weighted by atomic mass is 79.9. The predicted molar refractivity (Wildman–Crippen MR) is 121 cm³/mol. The highest BCUT2D eigenvalue weighted by Crippen LogP contribution is 2.16. The van der Waals surface area contributed by atoms with E-state index in [0.717, 1.165) is 10.0 Å². The number of anilines is 2. The SMILES string of the molecule is O=C(CCc1nc(-c2cccnc2)no1)Nc1cccc(C(=O)Nc2ccc(Br)cn2)c1. The van der Waals surface area contributed by atoms with Crippen LogP contribution in [0.15, 0.2) is 76.1 Å². The van der Waals surface area contributed by atoms with Crippen LogP contribution < -0.4 is 10.6 Å². The van der Waals surface area contributed by atoms with E-state index in [0.29, 0.717) is 28.8 Å². The second-order valence-electron chi connectivity index (χ2n) is 6.70. The molecule has 0 spiro atoms. The molecule has 10 heteroatoms.